The Kier molecular flexibility index (Phi) is 5.65. The van der Waals surface area contributed by atoms with Gasteiger partial charge in [-0.3, -0.25) is 15.1 Å². The highest BCUT2D eigenvalue weighted by molar-refractivity contribution is 5.86. The van der Waals surface area contributed by atoms with Crippen LogP contribution in [0.4, 0.5) is 11.4 Å². The van der Waals surface area contributed by atoms with Crippen molar-refractivity contribution in [1.82, 2.24) is 0 Å². The highest BCUT2D eigenvalue weighted by Gasteiger charge is 2.08. The van der Waals surface area contributed by atoms with Crippen LogP contribution in [0.3, 0.4) is 0 Å². The van der Waals surface area contributed by atoms with Gasteiger partial charge in [0.2, 0.25) is 0 Å². The van der Waals surface area contributed by atoms with Gasteiger partial charge in [-0.05, 0) is 18.2 Å². The number of nitrogens with zero attached hydrogens (tertiary/aromatic N) is 2. The molecule has 0 amide bonds. The summed E-state index contributed by atoms with van der Waals surface area (Å²) >= 11 is 0. The van der Waals surface area contributed by atoms with E-state index in [2.05, 4.69) is 18.2 Å². The first-order valence-electron chi connectivity index (χ1n) is 5.73. The van der Waals surface area contributed by atoms with Gasteiger partial charge in [-0.2, -0.15) is 0 Å². The molecule has 0 atom stereocenters. The van der Waals surface area contributed by atoms with Gasteiger partial charge in [0.25, 0.3) is 5.69 Å². The lowest BCUT2D eigenvalue weighted by Crippen LogP contribution is -1.90. The van der Waals surface area contributed by atoms with E-state index in [0.717, 1.165) is 0 Å². The molecule has 5 nitrogen and oxygen atoms in total. The Morgan fingerprint density at radius 1 is 1.15 bits per heavy atom. The van der Waals surface area contributed by atoms with Crippen LogP contribution in [0.25, 0.3) is 0 Å². The number of nitro benzene ring substituents is 1. The maximum Gasteiger partial charge on any atom is 0.270 e. The first kappa shape index (κ1) is 15.1. The Bertz CT molecular complexity index is 610. The Labute approximate surface area is 116 Å². The van der Waals surface area contributed by atoms with E-state index in [4.69, 9.17) is 0 Å². The topological polar surface area (TPSA) is 75.7 Å². The maximum atomic E-state index is 10.6. The Hall–Kier alpha value is -2.95. The molecule has 0 heterocycles. The molecule has 1 N–H and O–H groups in total. The van der Waals surface area contributed by atoms with E-state index in [-0.39, 0.29) is 11.4 Å². The quantitative estimate of drug-likeness (QED) is 0.398. The van der Waals surface area contributed by atoms with E-state index in [1.165, 1.54) is 24.4 Å². The summed E-state index contributed by atoms with van der Waals surface area (Å²) in [5.74, 6) is -0.0414. The van der Waals surface area contributed by atoms with Gasteiger partial charge in [0.05, 0.1) is 10.6 Å². The van der Waals surface area contributed by atoms with E-state index in [1.807, 2.05) is 18.2 Å². The van der Waals surface area contributed by atoms with Gasteiger partial charge in [0.1, 0.15) is 5.75 Å². The maximum absolute atomic E-state index is 10.6. The van der Waals surface area contributed by atoms with Gasteiger partial charge >= 0.3 is 0 Å². The fourth-order valence-corrected chi connectivity index (χ4v) is 1.42. The second-order valence-corrected chi connectivity index (χ2v) is 3.59. The summed E-state index contributed by atoms with van der Waals surface area (Å²) < 4.78 is 0. The number of nitro groups is 1. The zero-order chi connectivity index (χ0) is 15.0. The van der Waals surface area contributed by atoms with Crippen LogP contribution < -0.4 is 0 Å². The number of aliphatic imine (C=N–C) groups is 1. The van der Waals surface area contributed by atoms with Crippen LogP contribution in [0.2, 0.25) is 0 Å². The zero-order valence-electron chi connectivity index (χ0n) is 10.8. The summed E-state index contributed by atoms with van der Waals surface area (Å²) in [6.07, 6.45) is 1.40. The number of benzene rings is 2. The van der Waals surface area contributed by atoms with E-state index < -0.39 is 4.92 Å². The molecule has 2 rings (SSSR count). The lowest BCUT2D eigenvalue weighted by atomic mass is 10.2. The van der Waals surface area contributed by atoms with Gasteiger partial charge in [-0.15, -0.1) is 13.2 Å². The standard InChI is InChI=1S/C13H10N2O3.C2H4/c16-13-7-6-12(15(17)18)8-10(13)9-14-11-4-2-1-3-5-11;1-2/h1-9,16H;1-2H2. The lowest BCUT2D eigenvalue weighted by molar-refractivity contribution is -0.384. The predicted molar refractivity (Wildman–Crippen MR) is 79.7 cm³/mol. The largest absolute Gasteiger partial charge is 0.507 e. The summed E-state index contributed by atoms with van der Waals surface area (Å²) in [5, 5.41) is 20.2. The third-order valence-corrected chi connectivity index (χ3v) is 2.33. The number of rotatable bonds is 3. The molecular formula is C15H14N2O3. The van der Waals surface area contributed by atoms with Gasteiger partial charge < -0.3 is 5.11 Å². The molecule has 0 radical (unpaired) electrons. The molecule has 0 bridgehead atoms. The second kappa shape index (κ2) is 7.48. The molecule has 0 fully saturated rings. The summed E-state index contributed by atoms with van der Waals surface area (Å²) in [7, 11) is 0. The van der Waals surface area contributed by atoms with Crippen molar-refractivity contribution in [2.75, 3.05) is 0 Å². The summed E-state index contributed by atoms with van der Waals surface area (Å²) in [6, 6.07) is 12.9. The van der Waals surface area contributed by atoms with E-state index in [1.54, 1.807) is 12.1 Å². The van der Waals surface area contributed by atoms with Crippen LogP contribution in [0, 0.1) is 10.1 Å². The van der Waals surface area contributed by atoms with Crippen molar-refractivity contribution in [3.05, 3.63) is 77.4 Å². The Morgan fingerprint density at radius 2 is 1.80 bits per heavy atom. The molecule has 0 unspecified atom stereocenters. The van der Waals surface area contributed by atoms with Crippen LogP contribution >= 0.6 is 0 Å². The molecule has 2 aromatic carbocycles. The van der Waals surface area contributed by atoms with Crippen molar-refractivity contribution in [2.24, 2.45) is 4.99 Å². The Balaban J connectivity index is 0.000000956. The van der Waals surface area contributed by atoms with Crippen molar-refractivity contribution in [3.8, 4) is 5.75 Å². The van der Waals surface area contributed by atoms with Crippen molar-refractivity contribution in [3.63, 3.8) is 0 Å². The first-order chi connectivity index (χ1) is 9.66. The van der Waals surface area contributed by atoms with Crippen molar-refractivity contribution >= 4 is 17.6 Å². The van der Waals surface area contributed by atoms with E-state index >= 15 is 0 Å². The fraction of sp³-hybridized carbons (Fsp3) is 0. The SMILES string of the molecule is C=C.O=[N+]([O-])c1ccc(O)c(C=Nc2ccccc2)c1. The van der Waals surface area contributed by atoms with Crippen LogP contribution in [0.5, 0.6) is 5.75 Å². The van der Waals surface area contributed by atoms with Gasteiger partial charge in [-0.25, -0.2) is 0 Å². The monoisotopic (exact) mass is 270 g/mol. The number of aromatic hydroxyl groups is 1. The molecule has 5 heteroatoms. The number of hydrogen-bond acceptors (Lipinski definition) is 4. The van der Waals surface area contributed by atoms with Crippen LogP contribution in [0.1, 0.15) is 5.56 Å². The number of non-ortho nitro benzene ring substituents is 1. The highest BCUT2D eigenvalue weighted by atomic mass is 16.6. The minimum Gasteiger partial charge on any atom is -0.507 e. The minimum atomic E-state index is -0.515. The highest BCUT2D eigenvalue weighted by Crippen LogP contribution is 2.22. The normalized spacial score (nSPS) is 9.80. The molecule has 102 valence electrons. The number of hydrogen-bond donors (Lipinski definition) is 1. The summed E-state index contributed by atoms with van der Waals surface area (Å²) in [5.41, 5.74) is 0.943. The molecule has 0 saturated carbocycles. The number of phenols is 1. The van der Waals surface area contributed by atoms with Crippen LogP contribution in [-0.4, -0.2) is 16.2 Å². The summed E-state index contributed by atoms with van der Waals surface area (Å²) in [6.45, 7) is 6.00. The number of phenolic OH excluding ortho intramolecular Hbond substituents is 1. The molecule has 0 spiro atoms. The molecule has 0 aromatic heterocycles. The van der Waals surface area contributed by atoms with Crippen LogP contribution in [0.15, 0.2) is 66.7 Å². The third-order valence-electron chi connectivity index (χ3n) is 2.33. The zero-order valence-corrected chi connectivity index (χ0v) is 10.8. The molecule has 0 aliphatic rings. The van der Waals surface area contributed by atoms with Crippen molar-refractivity contribution in [1.29, 1.82) is 0 Å². The minimum absolute atomic E-state index is 0.0414. The fourth-order valence-electron chi connectivity index (χ4n) is 1.42. The van der Waals surface area contributed by atoms with Crippen molar-refractivity contribution in [2.45, 2.75) is 0 Å². The molecular weight excluding hydrogens is 256 g/mol. The Morgan fingerprint density at radius 3 is 2.40 bits per heavy atom. The molecule has 0 saturated heterocycles. The molecule has 0 aliphatic heterocycles. The number of para-hydroxylation sites is 1. The lowest BCUT2D eigenvalue weighted by Gasteiger charge is -1.98. The smallest absolute Gasteiger partial charge is 0.270 e. The second-order valence-electron chi connectivity index (χ2n) is 3.59. The predicted octanol–water partition coefficient (Wildman–Crippen LogP) is 3.85. The third kappa shape index (κ3) is 4.06. The average molecular weight is 270 g/mol. The average Bonchev–Trinajstić information content (AvgIpc) is 2.49. The van der Waals surface area contributed by atoms with Crippen molar-refractivity contribution < 1.29 is 10.0 Å². The first-order valence-corrected chi connectivity index (χ1v) is 5.73. The molecule has 0 aliphatic carbocycles. The molecule has 2 aromatic rings. The van der Waals surface area contributed by atoms with Crippen LogP contribution in [-0.2, 0) is 0 Å². The van der Waals surface area contributed by atoms with Gasteiger partial charge in [0, 0.05) is 23.9 Å². The van der Waals surface area contributed by atoms with E-state index in [9.17, 15) is 15.2 Å². The van der Waals surface area contributed by atoms with Gasteiger partial charge in [0.15, 0.2) is 0 Å². The summed E-state index contributed by atoms with van der Waals surface area (Å²) in [4.78, 5) is 14.2. The van der Waals surface area contributed by atoms with E-state index in [0.29, 0.717) is 11.3 Å². The molecule has 20 heavy (non-hydrogen) atoms. The van der Waals surface area contributed by atoms with Gasteiger partial charge in [-0.1, -0.05) is 18.2 Å².